The molecule has 1 nitrogen and oxygen atoms in total. The molecular formula is C10H20O. The van der Waals surface area contributed by atoms with Gasteiger partial charge in [0.15, 0.2) is 0 Å². The van der Waals surface area contributed by atoms with Gasteiger partial charge in [-0.1, -0.05) is 26.7 Å². The second kappa shape index (κ2) is 4.10. The second-order valence-electron chi connectivity index (χ2n) is 3.80. The van der Waals surface area contributed by atoms with E-state index in [0.29, 0.717) is 5.41 Å². The first-order valence-electron chi connectivity index (χ1n) is 4.91. The molecule has 1 heterocycles. The molecule has 11 heavy (non-hydrogen) atoms. The highest BCUT2D eigenvalue weighted by molar-refractivity contribution is 4.82. The van der Waals surface area contributed by atoms with Crippen molar-refractivity contribution in [2.75, 3.05) is 13.2 Å². The Morgan fingerprint density at radius 3 is 2.18 bits per heavy atom. The van der Waals surface area contributed by atoms with Crippen LogP contribution in [0.25, 0.3) is 0 Å². The third kappa shape index (κ3) is 2.19. The molecule has 0 amide bonds. The van der Waals surface area contributed by atoms with E-state index in [1.807, 2.05) is 0 Å². The standard InChI is InChI=1S/C10H20O/c1-3-5-10(6-4-2)7-8-11-9-10/h3-9H2,1-2H3. The summed E-state index contributed by atoms with van der Waals surface area (Å²) in [4.78, 5) is 0. The Labute approximate surface area is 70.1 Å². The zero-order chi connectivity index (χ0) is 8.16. The predicted octanol–water partition coefficient (Wildman–Crippen LogP) is 2.99. The Hall–Kier alpha value is -0.0400. The molecule has 1 fully saturated rings. The lowest BCUT2D eigenvalue weighted by Crippen LogP contribution is -2.20. The van der Waals surface area contributed by atoms with Crippen molar-refractivity contribution in [3.8, 4) is 0 Å². The number of hydrogen-bond donors (Lipinski definition) is 0. The maximum Gasteiger partial charge on any atom is 0.0523 e. The molecule has 1 rings (SSSR count). The minimum Gasteiger partial charge on any atom is -0.381 e. The van der Waals surface area contributed by atoms with Crippen LogP contribution in [0, 0.1) is 5.41 Å². The molecule has 0 atom stereocenters. The van der Waals surface area contributed by atoms with Crippen molar-refractivity contribution in [1.82, 2.24) is 0 Å². The average molecular weight is 156 g/mol. The number of hydrogen-bond acceptors (Lipinski definition) is 1. The summed E-state index contributed by atoms with van der Waals surface area (Å²) in [6, 6.07) is 0. The van der Waals surface area contributed by atoms with E-state index in [1.165, 1.54) is 32.1 Å². The molecule has 0 radical (unpaired) electrons. The smallest absolute Gasteiger partial charge is 0.0523 e. The van der Waals surface area contributed by atoms with Crippen molar-refractivity contribution in [2.24, 2.45) is 5.41 Å². The van der Waals surface area contributed by atoms with Gasteiger partial charge in [-0.2, -0.15) is 0 Å². The zero-order valence-corrected chi connectivity index (χ0v) is 7.86. The van der Waals surface area contributed by atoms with E-state index in [-0.39, 0.29) is 0 Å². The monoisotopic (exact) mass is 156 g/mol. The van der Waals surface area contributed by atoms with Gasteiger partial charge in [-0.05, 0) is 24.7 Å². The SMILES string of the molecule is CCCC1(CCC)CCOC1. The summed E-state index contributed by atoms with van der Waals surface area (Å²) >= 11 is 0. The molecule has 0 aromatic rings. The second-order valence-corrected chi connectivity index (χ2v) is 3.80. The average Bonchev–Trinajstić information content (AvgIpc) is 2.39. The fourth-order valence-electron chi connectivity index (χ4n) is 2.23. The van der Waals surface area contributed by atoms with Crippen molar-refractivity contribution in [3.63, 3.8) is 0 Å². The summed E-state index contributed by atoms with van der Waals surface area (Å²) in [5.74, 6) is 0. The largest absolute Gasteiger partial charge is 0.381 e. The molecule has 1 heteroatoms. The van der Waals surface area contributed by atoms with Crippen LogP contribution in [0.5, 0.6) is 0 Å². The maximum absolute atomic E-state index is 5.47. The third-order valence-electron chi connectivity index (χ3n) is 2.75. The van der Waals surface area contributed by atoms with Gasteiger partial charge in [0.1, 0.15) is 0 Å². The van der Waals surface area contributed by atoms with Gasteiger partial charge in [-0.15, -0.1) is 0 Å². The number of ether oxygens (including phenoxy) is 1. The van der Waals surface area contributed by atoms with E-state index in [4.69, 9.17) is 4.74 Å². The first kappa shape index (κ1) is 9.05. The molecule has 0 saturated carbocycles. The first-order valence-corrected chi connectivity index (χ1v) is 4.91. The highest BCUT2D eigenvalue weighted by Crippen LogP contribution is 2.37. The molecule has 0 unspecified atom stereocenters. The summed E-state index contributed by atoms with van der Waals surface area (Å²) in [6.07, 6.45) is 6.64. The Bertz CT molecular complexity index is 95.4. The van der Waals surface area contributed by atoms with Crippen molar-refractivity contribution in [2.45, 2.75) is 46.0 Å². The molecule has 0 aromatic carbocycles. The van der Waals surface area contributed by atoms with Crippen LogP contribution in [0.2, 0.25) is 0 Å². The van der Waals surface area contributed by atoms with Crippen molar-refractivity contribution < 1.29 is 4.74 Å². The third-order valence-corrected chi connectivity index (χ3v) is 2.75. The van der Waals surface area contributed by atoms with Crippen molar-refractivity contribution >= 4 is 0 Å². The molecule has 0 bridgehead atoms. The zero-order valence-electron chi connectivity index (χ0n) is 7.86. The topological polar surface area (TPSA) is 9.23 Å². The fourth-order valence-corrected chi connectivity index (χ4v) is 2.23. The Morgan fingerprint density at radius 1 is 1.18 bits per heavy atom. The molecule has 0 spiro atoms. The van der Waals surface area contributed by atoms with Crippen LogP contribution in [0.4, 0.5) is 0 Å². The molecule has 0 aliphatic carbocycles. The van der Waals surface area contributed by atoms with Gasteiger partial charge >= 0.3 is 0 Å². The molecule has 0 aromatic heterocycles. The van der Waals surface area contributed by atoms with Crippen molar-refractivity contribution in [3.05, 3.63) is 0 Å². The normalized spacial score (nSPS) is 22.4. The molecule has 1 saturated heterocycles. The van der Waals surface area contributed by atoms with E-state index in [9.17, 15) is 0 Å². The lowest BCUT2D eigenvalue weighted by Gasteiger charge is -2.25. The Balaban J connectivity index is 2.40. The van der Waals surface area contributed by atoms with Gasteiger partial charge in [0.2, 0.25) is 0 Å². The van der Waals surface area contributed by atoms with Crippen molar-refractivity contribution in [1.29, 1.82) is 0 Å². The summed E-state index contributed by atoms with van der Waals surface area (Å²) in [7, 11) is 0. The Morgan fingerprint density at radius 2 is 1.82 bits per heavy atom. The van der Waals surface area contributed by atoms with Gasteiger partial charge < -0.3 is 4.74 Å². The van der Waals surface area contributed by atoms with Crippen LogP contribution < -0.4 is 0 Å². The summed E-state index contributed by atoms with van der Waals surface area (Å²) in [5, 5.41) is 0. The summed E-state index contributed by atoms with van der Waals surface area (Å²) in [6.45, 7) is 6.57. The first-order chi connectivity index (χ1) is 5.33. The van der Waals surface area contributed by atoms with Crippen LogP contribution in [0.1, 0.15) is 46.0 Å². The van der Waals surface area contributed by atoms with Crippen LogP contribution in [-0.2, 0) is 4.74 Å². The lowest BCUT2D eigenvalue weighted by molar-refractivity contribution is 0.138. The molecule has 0 N–H and O–H groups in total. The van der Waals surface area contributed by atoms with E-state index in [0.717, 1.165) is 13.2 Å². The highest BCUT2D eigenvalue weighted by Gasteiger charge is 2.32. The van der Waals surface area contributed by atoms with Gasteiger partial charge in [-0.25, -0.2) is 0 Å². The van der Waals surface area contributed by atoms with Crippen LogP contribution in [0.3, 0.4) is 0 Å². The van der Waals surface area contributed by atoms with Crippen LogP contribution in [0.15, 0.2) is 0 Å². The highest BCUT2D eigenvalue weighted by atomic mass is 16.5. The van der Waals surface area contributed by atoms with Gasteiger partial charge in [-0.3, -0.25) is 0 Å². The van der Waals surface area contributed by atoms with E-state index < -0.39 is 0 Å². The minimum atomic E-state index is 0.573. The molecule has 66 valence electrons. The molecule has 1 aliphatic heterocycles. The summed E-state index contributed by atoms with van der Waals surface area (Å²) in [5.41, 5.74) is 0.573. The van der Waals surface area contributed by atoms with Crippen LogP contribution >= 0.6 is 0 Å². The van der Waals surface area contributed by atoms with E-state index >= 15 is 0 Å². The summed E-state index contributed by atoms with van der Waals surface area (Å²) < 4.78 is 5.47. The maximum atomic E-state index is 5.47. The van der Waals surface area contributed by atoms with Gasteiger partial charge in [0.05, 0.1) is 6.61 Å². The fraction of sp³-hybridized carbons (Fsp3) is 1.00. The van der Waals surface area contributed by atoms with Gasteiger partial charge in [0, 0.05) is 6.61 Å². The lowest BCUT2D eigenvalue weighted by atomic mass is 9.79. The molecular weight excluding hydrogens is 136 g/mol. The number of rotatable bonds is 4. The van der Waals surface area contributed by atoms with Crippen LogP contribution in [-0.4, -0.2) is 13.2 Å². The van der Waals surface area contributed by atoms with E-state index in [2.05, 4.69) is 13.8 Å². The minimum absolute atomic E-state index is 0.573. The Kier molecular flexibility index (Phi) is 3.38. The predicted molar refractivity (Wildman–Crippen MR) is 47.7 cm³/mol. The van der Waals surface area contributed by atoms with E-state index in [1.54, 1.807) is 0 Å². The van der Waals surface area contributed by atoms with Gasteiger partial charge in [0.25, 0.3) is 0 Å². The molecule has 1 aliphatic rings. The quantitative estimate of drug-likeness (QED) is 0.608.